The SMILES string of the molecule is CCOc1ccc(NC(=O)C(=O)NCc2ccc3c(c2)OCO3)cc1. The van der Waals surface area contributed by atoms with Gasteiger partial charge in [0.2, 0.25) is 6.79 Å². The fourth-order valence-corrected chi connectivity index (χ4v) is 2.30. The van der Waals surface area contributed by atoms with Crippen molar-refractivity contribution in [1.29, 1.82) is 0 Å². The molecule has 1 aliphatic heterocycles. The summed E-state index contributed by atoms with van der Waals surface area (Å²) < 4.78 is 15.8. The van der Waals surface area contributed by atoms with Gasteiger partial charge in [0.1, 0.15) is 5.75 Å². The Labute approximate surface area is 144 Å². The van der Waals surface area contributed by atoms with Crippen molar-refractivity contribution in [2.75, 3.05) is 18.7 Å². The first kappa shape index (κ1) is 16.6. The average molecular weight is 342 g/mol. The standard InChI is InChI=1S/C18H18N2O5/c1-2-23-14-6-4-13(5-7-14)20-18(22)17(21)19-10-12-3-8-15-16(9-12)25-11-24-15/h3-9H,2,10-11H2,1H3,(H,19,21)(H,20,22). The van der Waals surface area contributed by atoms with Crippen LogP contribution in [0.15, 0.2) is 42.5 Å². The number of amides is 2. The van der Waals surface area contributed by atoms with Crippen LogP contribution >= 0.6 is 0 Å². The molecule has 0 aromatic heterocycles. The second kappa shape index (κ2) is 7.57. The number of carbonyl (C=O) groups excluding carboxylic acids is 2. The summed E-state index contributed by atoms with van der Waals surface area (Å²) in [5, 5.41) is 5.11. The van der Waals surface area contributed by atoms with E-state index in [2.05, 4.69) is 10.6 Å². The minimum atomic E-state index is -0.732. The number of hydrogen-bond acceptors (Lipinski definition) is 5. The molecule has 2 N–H and O–H groups in total. The summed E-state index contributed by atoms with van der Waals surface area (Å²) in [4.78, 5) is 23.9. The highest BCUT2D eigenvalue weighted by molar-refractivity contribution is 6.39. The van der Waals surface area contributed by atoms with Gasteiger partial charge in [-0.15, -0.1) is 0 Å². The van der Waals surface area contributed by atoms with Crippen LogP contribution in [-0.4, -0.2) is 25.2 Å². The zero-order chi connectivity index (χ0) is 17.6. The Bertz CT molecular complexity index is 774. The molecule has 0 radical (unpaired) electrons. The molecule has 0 atom stereocenters. The van der Waals surface area contributed by atoms with E-state index in [4.69, 9.17) is 14.2 Å². The summed E-state index contributed by atoms with van der Waals surface area (Å²) in [6.45, 7) is 2.86. The molecule has 2 aromatic carbocycles. The van der Waals surface area contributed by atoms with Crippen LogP contribution in [0.1, 0.15) is 12.5 Å². The highest BCUT2D eigenvalue weighted by Crippen LogP contribution is 2.32. The van der Waals surface area contributed by atoms with E-state index in [1.54, 1.807) is 42.5 Å². The highest BCUT2D eigenvalue weighted by atomic mass is 16.7. The molecule has 0 bridgehead atoms. The summed E-state index contributed by atoms with van der Waals surface area (Å²) >= 11 is 0. The molecule has 0 fully saturated rings. The molecule has 1 heterocycles. The number of fused-ring (bicyclic) bond motifs is 1. The molecule has 0 spiro atoms. The summed E-state index contributed by atoms with van der Waals surface area (Å²) in [5.41, 5.74) is 1.33. The van der Waals surface area contributed by atoms with Crippen molar-refractivity contribution < 1.29 is 23.8 Å². The molecule has 7 heteroatoms. The molecule has 1 aliphatic rings. The van der Waals surface area contributed by atoms with Gasteiger partial charge in [0.15, 0.2) is 11.5 Å². The van der Waals surface area contributed by atoms with Crippen molar-refractivity contribution >= 4 is 17.5 Å². The van der Waals surface area contributed by atoms with Gasteiger partial charge in [0, 0.05) is 12.2 Å². The minimum Gasteiger partial charge on any atom is -0.494 e. The normalized spacial score (nSPS) is 11.7. The molecule has 0 aliphatic carbocycles. The number of nitrogens with one attached hydrogen (secondary N) is 2. The van der Waals surface area contributed by atoms with Crippen LogP contribution in [-0.2, 0) is 16.1 Å². The van der Waals surface area contributed by atoms with E-state index in [9.17, 15) is 9.59 Å². The number of rotatable bonds is 5. The fourth-order valence-electron chi connectivity index (χ4n) is 2.30. The van der Waals surface area contributed by atoms with E-state index >= 15 is 0 Å². The molecule has 0 unspecified atom stereocenters. The van der Waals surface area contributed by atoms with E-state index in [0.29, 0.717) is 29.5 Å². The van der Waals surface area contributed by atoms with Gasteiger partial charge in [0.05, 0.1) is 6.61 Å². The number of benzene rings is 2. The van der Waals surface area contributed by atoms with Gasteiger partial charge in [-0.2, -0.15) is 0 Å². The van der Waals surface area contributed by atoms with Gasteiger partial charge in [-0.3, -0.25) is 9.59 Å². The summed E-state index contributed by atoms with van der Waals surface area (Å²) in [5.74, 6) is 0.554. The molecule has 2 amide bonds. The molecule has 3 rings (SSSR count). The number of hydrogen-bond donors (Lipinski definition) is 2. The second-order valence-electron chi connectivity index (χ2n) is 5.28. The lowest BCUT2D eigenvalue weighted by molar-refractivity contribution is -0.136. The molecule has 130 valence electrons. The lowest BCUT2D eigenvalue weighted by Crippen LogP contribution is -2.34. The predicted octanol–water partition coefficient (Wildman–Crippen LogP) is 2.07. The zero-order valence-electron chi connectivity index (χ0n) is 13.7. The second-order valence-corrected chi connectivity index (χ2v) is 5.28. The summed E-state index contributed by atoms with van der Waals surface area (Å²) in [6.07, 6.45) is 0. The van der Waals surface area contributed by atoms with Crippen molar-refractivity contribution in [3.63, 3.8) is 0 Å². The first-order valence-electron chi connectivity index (χ1n) is 7.86. The maximum Gasteiger partial charge on any atom is 0.313 e. The van der Waals surface area contributed by atoms with Crippen molar-refractivity contribution in [2.24, 2.45) is 0 Å². The molecule has 0 saturated carbocycles. The average Bonchev–Trinajstić information content (AvgIpc) is 3.09. The van der Waals surface area contributed by atoms with E-state index < -0.39 is 11.8 Å². The Balaban J connectivity index is 1.51. The summed E-state index contributed by atoms with van der Waals surface area (Å²) in [6, 6.07) is 12.1. The topological polar surface area (TPSA) is 85.9 Å². The van der Waals surface area contributed by atoms with E-state index in [0.717, 1.165) is 5.56 Å². The fraction of sp³-hybridized carbons (Fsp3) is 0.222. The van der Waals surface area contributed by atoms with Crippen LogP contribution in [0, 0.1) is 0 Å². The molecular formula is C18H18N2O5. The first-order chi connectivity index (χ1) is 12.2. The Morgan fingerprint density at radius 2 is 1.80 bits per heavy atom. The minimum absolute atomic E-state index is 0.190. The van der Waals surface area contributed by atoms with E-state index in [1.165, 1.54) is 0 Å². The largest absolute Gasteiger partial charge is 0.494 e. The van der Waals surface area contributed by atoms with Gasteiger partial charge in [-0.05, 0) is 48.9 Å². The van der Waals surface area contributed by atoms with Gasteiger partial charge < -0.3 is 24.8 Å². The maximum atomic E-state index is 11.9. The van der Waals surface area contributed by atoms with Crippen molar-refractivity contribution in [1.82, 2.24) is 5.32 Å². The highest BCUT2D eigenvalue weighted by Gasteiger charge is 2.16. The van der Waals surface area contributed by atoms with Crippen LogP contribution in [0.2, 0.25) is 0 Å². The number of ether oxygens (including phenoxy) is 3. The van der Waals surface area contributed by atoms with Crippen LogP contribution in [0.4, 0.5) is 5.69 Å². The van der Waals surface area contributed by atoms with E-state index in [1.807, 2.05) is 6.92 Å². The summed E-state index contributed by atoms with van der Waals surface area (Å²) in [7, 11) is 0. The number of carbonyl (C=O) groups is 2. The monoisotopic (exact) mass is 342 g/mol. The lowest BCUT2D eigenvalue weighted by atomic mass is 10.2. The maximum absolute atomic E-state index is 11.9. The third-order valence-corrected chi connectivity index (χ3v) is 3.52. The third kappa shape index (κ3) is 4.20. The molecule has 7 nitrogen and oxygen atoms in total. The Morgan fingerprint density at radius 1 is 1.04 bits per heavy atom. The first-order valence-corrected chi connectivity index (χ1v) is 7.86. The van der Waals surface area contributed by atoms with Gasteiger partial charge in [-0.25, -0.2) is 0 Å². The van der Waals surface area contributed by atoms with Gasteiger partial charge in [-0.1, -0.05) is 6.07 Å². The Hall–Kier alpha value is -3.22. The van der Waals surface area contributed by atoms with E-state index in [-0.39, 0.29) is 13.3 Å². The third-order valence-electron chi connectivity index (χ3n) is 3.52. The van der Waals surface area contributed by atoms with Gasteiger partial charge >= 0.3 is 11.8 Å². The molecule has 0 saturated heterocycles. The van der Waals surface area contributed by atoms with Crippen LogP contribution in [0.25, 0.3) is 0 Å². The van der Waals surface area contributed by atoms with Crippen molar-refractivity contribution in [2.45, 2.75) is 13.5 Å². The predicted molar refractivity (Wildman–Crippen MR) is 90.7 cm³/mol. The van der Waals surface area contributed by atoms with Crippen LogP contribution in [0.3, 0.4) is 0 Å². The zero-order valence-corrected chi connectivity index (χ0v) is 13.7. The van der Waals surface area contributed by atoms with Crippen LogP contribution < -0.4 is 24.8 Å². The quantitative estimate of drug-likeness (QED) is 0.813. The van der Waals surface area contributed by atoms with Gasteiger partial charge in [0.25, 0.3) is 0 Å². The molecular weight excluding hydrogens is 324 g/mol. The Morgan fingerprint density at radius 3 is 2.56 bits per heavy atom. The van der Waals surface area contributed by atoms with Crippen molar-refractivity contribution in [3.8, 4) is 17.2 Å². The lowest BCUT2D eigenvalue weighted by Gasteiger charge is -2.08. The smallest absolute Gasteiger partial charge is 0.313 e. The molecule has 2 aromatic rings. The van der Waals surface area contributed by atoms with Crippen LogP contribution in [0.5, 0.6) is 17.2 Å². The Kier molecular flexibility index (Phi) is 5.03. The number of anilines is 1. The van der Waals surface area contributed by atoms with Crippen molar-refractivity contribution in [3.05, 3.63) is 48.0 Å². The molecule has 25 heavy (non-hydrogen) atoms.